The van der Waals surface area contributed by atoms with Crippen LogP contribution in [0.2, 0.25) is 0 Å². The molecule has 0 radical (unpaired) electrons. The molecule has 1 N–H and O–H groups in total. The van der Waals surface area contributed by atoms with Gasteiger partial charge in [-0.15, -0.1) is 0 Å². The maximum atomic E-state index is 12.7. The number of ether oxygens (including phenoxy) is 1. The number of hydrogen-bond acceptors (Lipinski definition) is 3. The van der Waals surface area contributed by atoms with Crippen LogP contribution in [0.1, 0.15) is 54.7 Å². The van der Waals surface area contributed by atoms with Crippen molar-refractivity contribution >= 4 is 17.5 Å². The van der Waals surface area contributed by atoms with E-state index in [1.165, 1.54) is 12.5 Å². The number of nitrogens with one attached hydrogen (secondary N) is 1. The van der Waals surface area contributed by atoms with E-state index < -0.39 is 0 Å². The maximum Gasteiger partial charge on any atom is 0.255 e. The Morgan fingerprint density at radius 3 is 2.18 bits per heavy atom. The average molecular weight is 445 g/mol. The van der Waals surface area contributed by atoms with E-state index in [0.717, 1.165) is 16.9 Å². The third-order valence-electron chi connectivity index (χ3n) is 5.48. The molecule has 2 amide bonds. The second-order valence-corrected chi connectivity index (χ2v) is 9.29. The lowest BCUT2D eigenvalue weighted by Gasteiger charge is -2.19. The Bertz CT molecular complexity index is 1100. The van der Waals surface area contributed by atoms with E-state index in [0.29, 0.717) is 24.4 Å². The van der Waals surface area contributed by atoms with Crippen molar-refractivity contribution in [1.29, 1.82) is 0 Å². The predicted octanol–water partition coefficient (Wildman–Crippen LogP) is 5.79. The molecular formula is C28H32N2O3. The molecule has 0 aliphatic heterocycles. The highest BCUT2D eigenvalue weighted by Crippen LogP contribution is 2.24. The highest BCUT2D eigenvalue weighted by Gasteiger charge is 2.13. The number of nitrogens with zero attached hydrogens (tertiary/aromatic N) is 1. The second kappa shape index (κ2) is 10.3. The summed E-state index contributed by atoms with van der Waals surface area (Å²) in [7, 11) is 1.75. The van der Waals surface area contributed by atoms with Crippen molar-refractivity contribution in [3.63, 3.8) is 0 Å². The summed E-state index contributed by atoms with van der Waals surface area (Å²) in [4.78, 5) is 25.7. The lowest BCUT2D eigenvalue weighted by molar-refractivity contribution is -0.128. The van der Waals surface area contributed by atoms with Gasteiger partial charge in [-0.1, -0.05) is 57.2 Å². The van der Waals surface area contributed by atoms with Crippen molar-refractivity contribution in [1.82, 2.24) is 4.90 Å². The Hall–Kier alpha value is -3.60. The van der Waals surface area contributed by atoms with E-state index in [1.54, 1.807) is 24.1 Å². The number of amides is 2. The Balaban J connectivity index is 1.56. The van der Waals surface area contributed by atoms with Gasteiger partial charge < -0.3 is 15.0 Å². The number of hydrogen-bond donors (Lipinski definition) is 1. The summed E-state index contributed by atoms with van der Waals surface area (Å²) in [5.41, 5.74) is 4.58. The van der Waals surface area contributed by atoms with E-state index in [4.69, 9.17) is 4.74 Å². The standard InChI is InChI=1S/C28H32N2O3/c1-20(31)30(5)18-22-7-6-8-25(17-22)29-27(32)23-11-9-21(10-12-23)19-33-26-15-13-24(14-16-26)28(2,3)4/h6-17H,18-19H2,1-5H3,(H,29,32). The number of benzene rings is 3. The van der Waals surface area contributed by atoms with Gasteiger partial charge in [0.1, 0.15) is 12.4 Å². The van der Waals surface area contributed by atoms with Crippen molar-refractivity contribution in [3.8, 4) is 5.75 Å². The van der Waals surface area contributed by atoms with Crippen LogP contribution in [0.5, 0.6) is 5.75 Å². The quantitative estimate of drug-likeness (QED) is 0.501. The van der Waals surface area contributed by atoms with Crippen molar-refractivity contribution < 1.29 is 14.3 Å². The molecule has 3 aromatic rings. The predicted molar refractivity (Wildman–Crippen MR) is 132 cm³/mol. The highest BCUT2D eigenvalue weighted by molar-refractivity contribution is 6.04. The van der Waals surface area contributed by atoms with Gasteiger partial charge in [0.15, 0.2) is 0 Å². The second-order valence-electron chi connectivity index (χ2n) is 9.29. The largest absolute Gasteiger partial charge is 0.489 e. The average Bonchev–Trinajstić information content (AvgIpc) is 2.78. The molecular weight excluding hydrogens is 412 g/mol. The molecule has 0 aromatic heterocycles. The maximum absolute atomic E-state index is 12.7. The molecule has 0 heterocycles. The van der Waals surface area contributed by atoms with Gasteiger partial charge in [0, 0.05) is 31.8 Å². The molecule has 0 atom stereocenters. The van der Waals surface area contributed by atoms with Gasteiger partial charge in [-0.25, -0.2) is 0 Å². The molecule has 0 saturated carbocycles. The molecule has 3 aromatic carbocycles. The van der Waals surface area contributed by atoms with Crippen LogP contribution in [-0.2, 0) is 23.4 Å². The third-order valence-corrected chi connectivity index (χ3v) is 5.48. The zero-order valence-corrected chi connectivity index (χ0v) is 20.0. The first-order chi connectivity index (χ1) is 15.6. The fourth-order valence-electron chi connectivity index (χ4n) is 3.31. The van der Waals surface area contributed by atoms with Gasteiger partial charge in [0.2, 0.25) is 5.91 Å². The number of anilines is 1. The summed E-state index contributed by atoms with van der Waals surface area (Å²) < 4.78 is 5.89. The lowest BCUT2D eigenvalue weighted by atomic mass is 9.87. The van der Waals surface area contributed by atoms with Crippen molar-refractivity contribution in [3.05, 3.63) is 95.1 Å². The summed E-state index contributed by atoms with van der Waals surface area (Å²) in [5, 5.41) is 2.92. The van der Waals surface area contributed by atoms with Crippen LogP contribution < -0.4 is 10.1 Å². The van der Waals surface area contributed by atoms with Crippen molar-refractivity contribution in [2.45, 2.75) is 46.3 Å². The molecule has 0 aliphatic rings. The topological polar surface area (TPSA) is 58.6 Å². The summed E-state index contributed by atoms with van der Waals surface area (Å²) in [6, 6.07) is 23.1. The monoisotopic (exact) mass is 444 g/mol. The van der Waals surface area contributed by atoms with Gasteiger partial charge in [-0.2, -0.15) is 0 Å². The Morgan fingerprint density at radius 2 is 1.58 bits per heavy atom. The highest BCUT2D eigenvalue weighted by atomic mass is 16.5. The molecule has 5 heteroatoms. The van der Waals surface area contributed by atoms with Gasteiger partial charge in [-0.3, -0.25) is 9.59 Å². The summed E-state index contributed by atoms with van der Waals surface area (Å²) >= 11 is 0. The van der Waals surface area contributed by atoms with Gasteiger partial charge in [0.25, 0.3) is 5.91 Å². The molecule has 5 nitrogen and oxygen atoms in total. The van der Waals surface area contributed by atoms with Crippen LogP contribution in [0.4, 0.5) is 5.69 Å². The number of rotatable bonds is 7. The molecule has 0 bridgehead atoms. The first-order valence-electron chi connectivity index (χ1n) is 11.1. The number of carbonyl (C=O) groups is 2. The van der Waals surface area contributed by atoms with E-state index in [9.17, 15) is 9.59 Å². The molecule has 0 aliphatic carbocycles. The SMILES string of the molecule is CC(=O)N(C)Cc1cccc(NC(=O)c2ccc(COc3ccc(C(C)(C)C)cc3)cc2)c1. The minimum atomic E-state index is -0.183. The first kappa shape index (κ1) is 24.1. The zero-order chi connectivity index (χ0) is 24.0. The normalized spacial score (nSPS) is 11.1. The minimum Gasteiger partial charge on any atom is -0.489 e. The van der Waals surface area contributed by atoms with Crippen LogP contribution in [0.25, 0.3) is 0 Å². The molecule has 33 heavy (non-hydrogen) atoms. The summed E-state index contributed by atoms with van der Waals surface area (Å²) in [5.74, 6) is 0.632. The molecule has 0 unspecified atom stereocenters. The molecule has 0 saturated heterocycles. The van der Waals surface area contributed by atoms with Gasteiger partial charge >= 0.3 is 0 Å². The first-order valence-corrected chi connectivity index (χ1v) is 11.1. The van der Waals surface area contributed by atoms with Crippen LogP contribution in [-0.4, -0.2) is 23.8 Å². The summed E-state index contributed by atoms with van der Waals surface area (Å²) in [6.07, 6.45) is 0. The van der Waals surface area contributed by atoms with E-state index in [2.05, 4.69) is 38.2 Å². The van der Waals surface area contributed by atoms with Gasteiger partial charge in [0.05, 0.1) is 0 Å². The van der Waals surface area contributed by atoms with Crippen LogP contribution >= 0.6 is 0 Å². The Labute approximate surface area is 196 Å². The van der Waals surface area contributed by atoms with E-state index in [-0.39, 0.29) is 17.2 Å². The van der Waals surface area contributed by atoms with Crippen LogP contribution in [0.3, 0.4) is 0 Å². The number of carbonyl (C=O) groups excluding carboxylic acids is 2. The minimum absolute atomic E-state index is 0.00423. The molecule has 172 valence electrons. The Kier molecular flexibility index (Phi) is 7.54. The smallest absolute Gasteiger partial charge is 0.255 e. The van der Waals surface area contributed by atoms with Crippen molar-refractivity contribution in [2.24, 2.45) is 0 Å². The van der Waals surface area contributed by atoms with Crippen LogP contribution in [0.15, 0.2) is 72.8 Å². The van der Waals surface area contributed by atoms with Crippen LogP contribution in [0, 0.1) is 0 Å². The Morgan fingerprint density at radius 1 is 0.909 bits per heavy atom. The van der Waals surface area contributed by atoms with E-state index in [1.807, 2.05) is 48.5 Å². The fourth-order valence-corrected chi connectivity index (χ4v) is 3.31. The molecule has 3 rings (SSSR count). The van der Waals surface area contributed by atoms with E-state index >= 15 is 0 Å². The molecule has 0 spiro atoms. The van der Waals surface area contributed by atoms with Gasteiger partial charge in [-0.05, 0) is 58.5 Å². The summed E-state index contributed by atoms with van der Waals surface area (Å²) in [6.45, 7) is 9.01. The fraction of sp³-hybridized carbons (Fsp3) is 0.286. The lowest BCUT2D eigenvalue weighted by Crippen LogP contribution is -2.23. The van der Waals surface area contributed by atoms with Crippen molar-refractivity contribution in [2.75, 3.05) is 12.4 Å². The zero-order valence-electron chi connectivity index (χ0n) is 20.0. The molecule has 0 fully saturated rings. The third kappa shape index (κ3) is 6.94.